The average Bonchev–Trinajstić information content (AvgIpc) is 2.54. The van der Waals surface area contributed by atoms with Gasteiger partial charge in [-0.1, -0.05) is 48.0 Å². The molecule has 0 spiro atoms. The van der Waals surface area contributed by atoms with Crippen LogP contribution in [0.2, 0.25) is 5.02 Å². The molecule has 0 aromatic heterocycles. The largest absolute Gasteiger partial charge is 0.345 e. The maximum absolute atomic E-state index is 13.1. The van der Waals surface area contributed by atoms with Gasteiger partial charge in [-0.25, -0.2) is 4.39 Å². The van der Waals surface area contributed by atoms with Crippen LogP contribution in [-0.4, -0.2) is 11.7 Å². The van der Waals surface area contributed by atoms with Crippen molar-refractivity contribution in [2.24, 2.45) is 0 Å². The SMILES string of the molecule is CC(=O)/C(=C\c1ccc(F)cc1Cl)C(=O)NC(C)c1ccccc1. The summed E-state index contributed by atoms with van der Waals surface area (Å²) in [6, 6.07) is 12.9. The Bertz CT molecular complexity index is 787. The highest BCUT2D eigenvalue weighted by atomic mass is 35.5. The van der Waals surface area contributed by atoms with Crippen LogP contribution in [0.4, 0.5) is 4.39 Å². The molecule has 0 aliphatic carbocycles. The number of rotatable bonds is 5. The molecule has 0 bridgehead atoms. The molecular formula is C19H17ClFNO2. The number of hydrogen-bond donors (Lipinski definition) is 1. The first kappa shape index (κ1) is 17.9. The fourth-order valence-electron chi connectivity index (χ4n) is 2.20. The molecule has 2 aromatic rings. The van der Waals surface area contributed by atoms with E-state index in [1.165, 1.54) is 25.1 Å². The van der Waals surface area contributed by atoms with E-state index in [1.54, 1.807) is 0 Å². The van der Waals surface area contributed by atoms with Gasteiger partial charge >= 0.3 is 0 Å². The number of nitrogens with one attached hydrogen (secondary N) is 1. The Labute approximate surface area is 145 Å². The summed E-state index contributed by atoms with van der Waals surface area (Å²) in [5.74, 6) is -1.38. The molecule has 0 heterocycles. The van der Waals surface area contributed by atoms with E-state index >= 15 is 0 Å². The predicted octanol–water partition coefficient (Wildman–Crippen LogP) is 4.33. The average molecular weight is 346 g/mol. The Morgan fingerprint density at radius 3 is 2.42 bits per heavy atom. The minimum absolute atomic E-state index is 0.0358. The van der Waals surface area contributed by atoms with E-state index in [-0.39, 0.29) is 16.6 Å². The van der Waals surface area contributed by atoms with Crippen molar-refractivity contribution in [2.75, 3.05) is 0 Å². The molecule has 0 aliphatic heterocycles. The second-order valence-electron chi connectivity index (χ2n) is 5.39. The van der Waals surface area contributed by atoms with Crippen molar-refractivity contribution >= 4 is 29.4 Å². The number of halogens is 2. The van der Waals surface area contributed by atoms with Gasteiger partial charge in [-0.05, 0) is 43.2 Å². The van der Waals surface area contributed by atoms with Crippen molar-refractivity contribution in [1.82, 2.24) is 5.32 Å². The number of ketones is 1. The first-order valence-electron chi connectivity index (χ1n) is 7.42. The van der Waals surface area contributed by atoms with Gasteiger partial charge in [0.2, 0.25) is 0 Å². The summed E-state index contributed by atoms with van der Waals surface area (Å²) < 4.78 is 13.1. The molecule has 0 saturated heterocycles. The van der Waals surface area contributed by atoms with Gasteiger partial charge in [-0.3, -0.25) is 9.59 Å². The second-order valence-corrected chi connectivity index (χ2v) is 5.79. The maximum atomic E-state index is 13.1. The zero-order valence-electron chi connectivity index (χ0n) is 13.3. The van der Waals surface area contributed by atoms with Crippen LogP contribution < -0.4 is 5.32 Å². The lowest BCUT2D eigenvalue weighted by molar-refractivity contribution is -0.122. The van der Waals surface area contributed by atoms with Crippen LogP contribution in [-0.2, 0) is 9.59 Å². The molecular weight excluding hydrogens is 329 g/mol. The minimum atomic E-state index is -0.501. The highest BCUT2D eigenvalue weighted by molar-refractivity contribution is 6.32. The Balaban J connectivity index is 2.25. The number of amides is 1. The van der Waals surface area contributed by atoms with Crippen LogP contribution in [0.5, 0.6) is 0 Å². The third-order valence-corrected chi connectivity index (χ3v) is 3.86. The van der Waals surface area contributed by atoms with Gasteiger partial charge in [-0.15, -0.1) is 0 Å². The van der Waals surface area contributed by atoms with Crippen LogP contribution in [0.25, 0.3) is 6.08 Å². The van der Waals surface area contributed by atoms with E-state index in [0.29, 0.717) is 5.56 Å². The molecule has 24 heavy (non-hydrogen) atoms. The normalized spacial score (nSPS) is 12.6. The van der Waals surface area contributed by atoms with Gasteiger partial charge in [0.1, 0.15) is 5.82 Å². The summed E-state index contributed by atoms with van der Waals surface area (Å²) in [6.07, 6.45) is 1.37. The van der Waals surface area contributed by atoms with E-state index in [4.69, 9.17) is 11.6 Å². The maximum Gasteiger partial charge on any atom is 0.255 e. The van der Waals surface area contributed by atoms with Gasteiger partial charge in [0.25, 0.3) is 5.91 Å². The smallest absolute Gasteiger partial charge is 0.255 e. The first-order valence-corrected chi connectivity index (χ1v) is 7.79. The Morgan fingerprint density at radius 2 is 1.83 bits per heavy atom. The molecule has 0 radical (unpaired) electrons. The van der Waals surface area contributed by atoms with Crippen molar-refractivity contribution < 1.29 is 14.0 Å². The summed E-state index contributed by atoms with van der Waals surface area (Å²) in [6.45, 7) is 3.13. The minimum Gasteiger partial charge on any atom is -0.345 e. The van der Waals surface area contributed by atoms with Gasteiger partial charge in [0, 0.05) is 0 Å². The Kier molecular flexibility index (Phi) is 5.88. The molecule has 2 aromatic carbocycles. The van der Waals surface area contributed by atoms with Crippen LogP contribution in [0.3, 0.4) is 0 Å². The monoisotopic (exact) mass is 345 g/mol. The summed E-state index contributed by atoms with van der Waals surface area (Å²) in [5.41, 5.74) is 1.30. The lowest BCUT2D eigenvalue weighted by atomic mass is 10.0. The predicted molar refractivity (Wildman–Crippen MR) is 93.1 cm³/mol. The third-order valence-electron chi connectivity index (χ3n) is 3.53. The zero-order chi connectivity index (χ0) is 17.7. The van der Waals surface area contributed by atoms with Gasteiger partial charge < -0.3 is 5.32 Å². The fourth-order valence-corrected chi connectivity index (χ4v) is 2.42. The van der Waals surface area contributed by atoms with E-state index < -0.39 is 17.5 Å². The molecule has 3 nitrogen and oxygen atoms in total. The molecule has 1 atom stereocenters. The summed E-state index contributed by atoms with van der Waals surface area (Å²) in [4.78, 5) is 24.3. The number of carbonyl (C=O) groups is 2. The summed E-state index contributed by atoms with van der Waals surface area (Å²) in [5, 5.41) is 2.92. The van der Waals surface area contributed by atoms with E-state index in [9.17, 15) is 14.0 Å². The number of carbonyl (C=O) groups excluding carboxylic acids is 2. The highest BCUT2D eigenvalue weighted by Gasteiger charge is 2.18. The van der Waals surface area contributed by atoms with E-state index in [2.05, 4.69) is 5.32 Å². The molecule has 0 fully saturated rings. The van der Waals surface area contributed by atoms with E-state index in [1.807, 2.05) is 37.3 Å². The lowest BCUT2D eigenvalue weighted by Crippen LogP contribution is -2.30. The van der Waals surface area contributed by atoms with E-state index in [0.717, 1.165) is 11.6 Å². The molecule has 5 heteroatoms. The third kappa shape index (κ3) is 4.52. The fraction of sp³-hybridized carbons (Fsp3) is 0.158. The molecule has 1 amide bonds. The van der Waals surface area contributed by atoms with Crippen molar-refractivity contribution in [3.05, 3.63) is 76.1 Å². The molecule has 0 aliphatic rings. The van der Waals surface area contributed by atoms with Gasteiger partial charge in [0.15, 0.2) is 5.78 Å². The van der Waals surface area contributed by atoms with Crippen molar-refractivity contribution in [3.63, 3.8) is 0 Å². The van der Waals surface area contributed by atoms with Crippen LogP contribution in [0.15, 0.2) is 54.1 Å². The Morgan fingerprint density at radius 1 is 1.17 bits per heavy atom. The molecule has 124 valence electrons. The zero-order valence-corrected chi connectivity index (χ0v) is 14.1. The summed E-state index contributed by atoms with van der Waals surface area (Å²) >= 11 is 5.96. The highest BCUT2D eigenvalue weighted by Crippen LogP contribution is 2.21. The molecule has 1 N–H and O–H groups in total. The molecule has 2 rings (SSSR count). The van der Waals surface area contributed by atoms with Crippen molar-refractivity contribution in [3.8, 4) is 0 Å². The van der Waals surface area contributed by atoms with Crippen LogP contribution in [0, 0.1) is 5.82 Å². The quantitative estimate of drug-likeness (QED) is 0.498. The van der Waals surface area contributed by atoms with Gasteiger partial charge in [-0.2, -0.15) is 0 Å². The number of Topliss-reactive ketones (excluding diaryl/α,β-unsaturated/α-hetero) is 1. The molecule has 1 unspecified atom stereocenters. The number of benzene rings is 2. The number of hydrogen-bond acceptors (Lipinski definition) is 2. The topological polar surface area (TPSA) is 46.2 Å². The lowest BCUT2D eigenvalue weighted by Gasteiger charge is -2.15. The van der Waals surface area contributed by atoms with Crippen LogP contribution >= 0.6 is 11.6 Å². The first-order chi connectivity index (χ1) is 11.4. The standard InChI is InChI=1S/C19H17ClFNO2/c1-12(14-6-4-3-5-7-14)22-19(24)17(13(2)23)10-15-8-9-16(21)11-18(15)20/h3-12H,1-2H3,(H,22,24)/b17-10+. The van der Waals surface area contributed by atoms with Crippen molar-refractivity contribution in [2.45, 2.75) is 19.9 Å². The van der Waals surface area contributed by atoms with Crippen molar-refractivity contribution in [1.29, 1.82) is 0 Å². The Hall–Kier alpha value is -2.46. The second kappa shape index (κ2) is 7.88. The van der Waals surface area contributed by atoms with Gasteiger partial charge in [0.05, 0.1) is 16.6 Å². The summed E-state index contributed by atoms with van der Waals surface area (Å²) in [7, 11) is 0. The van der Waals surface area contributed by atoms with Crippen LogP contribution in [0.1, 0.15) is 31.0 Å². The molecule has 0 saturated carbocycles.